The van der Waals surface area contributed by atoms with Crippen LogP contribution in [0.2, 0.25) is 0 Å². The summed E-state index contributed by atoms with van der Waals surface area (Å²) in [4.78, 5) is 43.5. The number of anilines is 1. The van der Waals surface area contributed by atoms with Gasteiger partial charge in [0.05, 0.1) is 12.6 Å². The maximum absolute atomic E-state index is 14.2. The summed E-state index contributed by atoms with van der Waals surface area (Å²) < 4.78 is 0. The number of carbonyl (C=O) groups excluding carboxylic acids is 3. The van der Waals surface area contributed by atoms with Crippen LogP contribution in [0, 0.1) is 17.4 Å². The highest BCUT2D eigenvalue weighted by Gasteiger charge is 2.45. The summed E-state index contributed by atoms with van der Waals surface area (Å²) >= 11 is 0. The zero-order valence-electron chi connectivity index (χ0n) is 22.8. The predicted octanol–water partition coefficient (Wildman–Crippen LogP) is 2.58. The number of rotatable bonds is 6. The van der Waals surface area contributed by atoms with Crippen LogP contribution in [0.3, 0.4) is 0 Å². The molecule has 1 aliphatic carbocycles. The molecule has 0 radical (unpaired) electrons. The molecule has 38 heavy (non-hydrogen) atoms. The number of piperidine rings is 1. The van der Waals surface area contributed by atoms with Crippen LogP contribution in [0.5, 0.6) is 0 Å². The summed E-state index contributed by atoms with van der Waals surface area (Å²) in [6.07, 6.45) is 7.11. The Kier molecular flexibility index (Phi) is 8.61. The van der Waals surface area contributed by atoms with Gasteiger partial charge in [-0.05, 0) is 48.3 Å². The van der Waals surface area contributed by atoms with E-state index in [0.29, 0.717) is 18.7 Å². The Balaban J connectivity index is 1.76. The fraction of sp³-hybridized carbons (Fsp3) is 0.655. The summed E-state index contributed by atoms with van der Waals surface area (Å²) in [5.41, 5.74) is 1.54. The van der Waals surface area contributed by atoms with Crippen LogP contribution in [0.15, 0.2) is 24.3 Å². The number of hydrogen-bond donors (Lipinski definition) is 3. The molecule has 4 rings (SSSR count). The first-order valence-electron chi connectivity index (χ1n) is 13.9. The monoisotopic (exact) mass is 523 g/mol. The molecular weight excluding hydrogens is 482 g/mol. The molecule has 2 saturated heterocycles. The van der Waals surface area contributed by atoms with Crippen LogP contribution >= 0.6 is 0 Å². The summed E-state index contributed by atoms with van der Waals surface area (Å²) in [6.45, 7) is 6.84. The first kappa shape index (κ1) is 27.9. The fourth-order valence-electron chi connectivity index (χ4n) is 6.02. The predicted molar refractivity (Wildman–Crippen MR) is 144 cm³/mol. The molecule has 9 nitrogen and oxygen atoms in total. The molecule has 2 heterocycles. The SMILES string of the molecule is CC(C)(C)c1ccc(N(C(=O)C2CC(O)CN2C#N)C(C(=O)NC2CCCCC2)C2CCNC(=O)C2)cc1. The van der Waals surface area contributed by atoms with Gasteiger partial charge in [-0.2, -0.15) is 5.26 Å². The van der Waals surface area contributed by atoms with E-state index < -0.39 is 24.1 Å². The molecule has 9 heteroatoms. The second-order valence-electron chi connectivity index (χ2n) is 12.1. The average Bonchev–Trinajstić information content (AvgIpc) is 3.27. The lowest BCUT2D eigenvalue weighted by atomic mass is 9.85. The van der Waals surface area contributed by atoms with Crippen LogP contribution in [-0.2, 0) is 19.8 Å². The van der Waals surface area contributed by atoms with Gasteiger partial charge in [-0.1, -0.05) is 52.2 Å². The van der Waals surface area contributed by atoms with Gasteiger partial charge >= 0.3 is 0 Å². The molecular formula is C29H41N5O4. The number of carbonyl (C=O) groups is 3. The molecule has 3 amide bonds. The number of β-amino-alcohol motifs (C(OH)–C–C–N with tert-alkyl or cyclic N) is 1. The Bertz CT molecular complexity index is 1050. The van der Waals surface area contributed by atoms with Crippen molar-refractivity contribution in [2.75, 3.05) is 18.0 Å². The van der Waals surface area contributed by atoms with Gasteiger partial charge < -0.3 is 15.7 Å². The number of nitrogens with zero attached hydrogens (tertiary/aromatic N) is 3. The Morgan fingerprint density at radius 2 is 1.84 bits per heavy atom. The topological polar surface area (TPSA) is 126 Å². The molecule has 3 N–H and O–H groups in total. The number of aliphatic hydroxyl groups is 1. The number of aliphatic hydroxyl groups excluding tert-OH is 1. The molecule has 1 aromatic carbocycles. The minimum atomic E-state index is -0.908. The quantitative estimate of drug-likeness (QED) is 0.492. The average molecular weight is 524 g/mol. The Morgan fingerprint density at radius 1 is 1.16 bits per heavy atom. The molecule has 4 unspecified atom stereocenters. The third-order valence-corrected chi connectivity index (χ3v) is 8.17. The summed E-state index contributed by atoms with van der Waals surface area (Å²) in [7, 11) is 0. The fourth-order valence-corrected chi connectivity index (χ4v) is 6.02. The lowest BCUT2D eigenvalue weighted by molar-refractivity contribution is -0.131. The number of nitriles is 1. The molecule has 2 aliphatic heterocycles. The van der Waals surface area contributed by atoms with Crippen molar-refractivity contribution >= 4 is 23.4 Å². The molecule has 1 saturated carbocycles. The van der Waals surface area contributed by atoms with Crippen molar-refractivity contribution < 1.29 is 19.5 Å². The molecule has 1 aromatic rings. The smallest absolute Gasteiger partial charge is 0.251 e. The number of amides is 3. The van der Waals surface area contributed by atoms with Crippen molar-refractivity contribution in [3.8, 4) is 6.19 Å². The van der Waals surface area contributed by atoms with Gasteiger partial charge in [0.2, 0.25) is 11.8 Å². The van der Waals surface area contributed by atoms with E-state index in [1.807, 2.05) is 30.5 Å². The first-order chi connectivity index (χ1) is 18.1. The zero-order valence-corrected chi connectivity index (χ0v) is 22.8. The van der Waals surface area contributed by atoms with E-state index in [1.165, 1.54) is 9.80 Å². The Hall–Kier alpha value is -3.12. The summed E-state index contributed by atoms with van der Waals surface area (Å²) in [6, 6.07) is 5.89. The van der Waals surface area contributed by atoms with Crippen molar-refractivity contribution in [2.24, 2.45) is 5.92 Å². The van der Waals surface area contributed by atoms with Gasteiger partial charge in [0.15, 0.2) is 6.19 Å². The molecule has 0 bridgehead atoms. The third-order valence-electron chi connectivity index (χ3n) is 8.17. The third kappa shape index (κ3) is 6.29. The lowest BCUT2D eigenvalue weighted by Crippen LogP contribution is -2.60. The molecule has 3 fully saturated rings. The maximum Gasteiger partial charge on any atom is 0.251 e. The van der Waals surface area contributed by atoms with E-state index in [-0.39, 0.29) is 48.6 Å². The number of likely N-dealkylation sites (tertiary alicyclic amines) is 1. The lowest BCUT2D eigenvalue weighted by Gasteiger charge is -2.40. The minimum absolute atomic E-state index is 0.0419. The second kappa shape index (κ2) is 11.7. The minimum Gasteiger partial charge on any atom is -0.391 e. The number of hydrogen-bond acceptors (Lipinski definition) is 6. The number of nitrogens with one attached hydrogen (secondary N) is 2. The zero-order chi connectivity index (χ0) is 27.4. The van der Waals surface area contributed by atoms with E-state index in [2.05, 4.69) is 31.4 Å². The van der Waals surface area contributed by atoms with Crippen LogP contribution in [0.1, 0.15) is 77.7 Å². The van der Waals surface area contributed by atoms with Crippen molar-refractivity contribution in [1.82, 2.24) is 15.5 Å². The second-order valence-corrected chi connectivity index (χ2v) is 12.1. The standard InChI is InChI=1S/C29H41N5O4/c1-29(2,3)20-9-11-22(12-10-20)34(28(38)24-16-23(35)17-33(24)18-30)26(19-13-14-31-25(36)15-19)27(37)32-21-7-5-4-6-8-21/h9-12,19,21,23-24,26,35H,4-8,13-17H2,1-3H3,(H,31,36)(H,32,37). The first-order valence-corrected chi connectivity index (χ1v) is 13.9. The van der Waals surface area contributed by atoms with Crippen molar-refractivity contribution in [3.63, 3.8) is 0 Å². The van der Waals surface area contributed by atoms with E-state index in [9.17, 15) is 24.8 Å². The molecule has 206 valence electrons. The highest BCUT2D eigenvalue weighted by atomic mass is 16.3. The summed E-state index contributed by atoms with van der Waals surface area (Å²) in [5, 5.41) is 26.0. The Morgan fingerprint density at radius 3 is 2.45 bits per heavy atom. The van der Waals surface area contributed by atoms with Crippen molar-refractivity contribution in [1.29, 1.82) is 5.26 Å². The van der Waals surface area contributed by atoms with Crippen molar-refractivity contribution in [3.05, 3.63) is 29.8 Å². The highest BCUT2D eigenvalue weighted by Crippen LogP contribution is 2.33. The van der Waals surface area contributed by atoms with E-state index >= 15 is 0 Å². The van der Waals surface area contributed by atoms with Gasteiger partial charge in [-0.3, -0.25) is 24.2 Å². The molecule has 4 atom stereocenters. The molecule has 0 spiro atoms. The number of benzene rings is 1. The van der Waals surface area contributed by atoms with Gasteiger partial charge in [0.1, 0.15) is 12.1 Å². The van der Waals surface area contributed by atoms with Crippen LogP contribution < -0.4 is 15.5 Å². The highest BCUT2D eigenvalue weighted by molar-refractivity contribution is 6.04. The van der Waals surface area contributed by atoms with Gasteiger partial charge in [-0.15, -0.1) is 0 Å². The van der Waals surface area contributed by atoms with Gasteiger partial charge in [0, 0.05) is 31.1 Å². The Labute approximate surface area is 225 Å². The maximum atomic E-state index is 14.2. The van der Waals surface area contributed by atoms with E-state index in [4.69, 9.17) is 0 Å². The van der Waals surface area contributed by atoms with Crippen molar-refractivity contribution in [2.45, 2.75) is 102 Å². The van der Waals surface area contributed by atoms with Crippen LogP contribution in [0.25, 0.3) is 0 Å². The van der Waals surface area contributed by atoms with E-state index in [1.54, 1.807) is 0 Å². The summed E-state index contributed by atoms with van der Waals surface area (Å²) in [5.74, 6) is -1.17. The van der Waals surface area contributed by atoms with Gasteiger partial charge in [0.25, 0.3) is 5.91 Å². The van der Waals surface area contributed by atoms with Crippen LogP contribution in [-0.4, -0.2) is 65.0 Å². The van der Waals surface area contributed by atoms with Crippen LogP contribution in [0.4, 0.5) is 5.69 Å². The largest absolute Gasteiger partial charge is 0.391 e. The van der Waals surface area contributed by atoms with E-state index in [0.717, 1.165) is 37.7 Å². The molecule has 0 aromatic heterocycles. The molecule has 3 aliphatic rings. The van der Waals surface area contributed by atoms with Gasteiger partial charge in [-0.25, -0.2) is 0 Å². The normalized spacial score (nSPS) is 25.3.